The molecule has 1 rings (SSSR count). The molecule has 0 amide bonds. The van der Waals surface area contributed by atoms with Crippen molar-refractivity contribution in [2.45, 2.75) is 46.1 Å². The SMILES string of the molecule is C#CCCCOc1cc(C)ccc1C(C)NCCC. The van der Waals surface area contributed by atoms with Crippen LogP contribution in [0.15, 0.2) is 18.2 Å². The largest absolute Gasteiger partial charge is 0.493 e. The molecule has 0 saturated carbocycles. The summed E-state index contributed by atoms with van der Waals surface area (Å²) in [5.41, 5.74) is 2.44. The van der Waals surface area contributed by atoms with Gasteiger partial charge >= 0.3 is 0 Å². The molecule has 2 heteroatoms. The van der Waals surface area contributed by atoms with Gasteiger partial charge in [-0.15, -0.1) is 12.3 Å². The molecule has 0 radical (unpaired) electrons. The number of rotatable bonds is 8. The molecule has 0 aromatic heterocycles. The molecule has 2 nitrogen and oxygen atoms in total. The average Bonchev–Trinajstić information content (AvgIpc) is 2.41. The minimum absolute atomic E-state index is 0.309. The smallest absolute Gasteiger partial charge is 0.124 e. The van der Waals surface area contributed by atoms with E-state index in [0.29, 0.717) is 12.6 Å². The molecule has 1 aromatic rings. The van der Waals surface area contributed by atoms with E-state index in [9.17, 15) is 0 Å². The van der Waals surface area contributed by atoms with E-state index in [0.717, 1.165) is 31.6 Å². The van der Waals surface area contributed by atoms with Crippen molar-refractivity contribution in [2.24, 2.45) is 0 Å². The van der Waals surface area contributed by atoms with Crippen LogP contribution in [0.3, 0.4) is 0 Å². The van der Waals surface area contributed by atoms with Crippen LogP contribution < -0.4 is 10.1 Å². The van der Waals surface area contributed by atoms with Gasteiger partial charge in [0, 0.05) is 18.0 Å². The van der Waals surface area contributed by atoms with Gasteiger partial charge in [0.25, 0.3) is 0 Å². The van der Waals surface area contributed by atoms with Crippen molar-refractivity contribution >= 4 is 0 Å². The fraction of sp³-hybridized carbons (Fsp3) is 0.529. The van der Waals surface area contributed by atoms with Gasteiger partial charge in [-0.05, 0) is 44.9 Å². The lowest BCUT2D eigenvalue weighted by atomic mass is 10.0. The van der Waals surface area contributed by atoms with E-state index in [4.69, 9.17) is 11.2 Å². The molecule has 0 aliphatic heterocycles. The van der Waals surface area contributed by atoms with Gasteiger partial charge < -0.3 is 10.1 Å². The zero-order valence-corrected chi connectivity index (χ0v) is 12.3. The van der Waals surface area contributed by atoms with Gasteiger partial charge in [-0.1, -0.05) is 19.1 Å². The molecule has 104 valence electrons. The Morgan fingerprint density at radius 3 is 2.89 bits per heavy atom. The van der Waals surface area contributed by atoms with E-state index in [-0.39, 0.29) is 0 Å². The maximum absolute atomic E-state index is 5.89. The third kappa shape index (κ3) is 5.36. The fourth-order valence-corrected chi connectivity index (χ4v) is 1.95. The zero-order chi connectivity index (χ0) is 14.1. The molecule has 1 N–H and O–H groups in total. The van der Waals surface area contributed by atoms with E-state index >= 15 is 0 Å². The molecular formula is C17H25NO. The number of nitrogens with one attached hydrogen (secondary N) is 1. The summed E-state index contributed by atoms with van der Waals surface area (Å²) in [4.78, 5) is 0. The molecule has 1 aromatic carbocycles. The lowest BCUT2D eigenvalue weighted by Crippen LogP contribution is -2.20. The van der Waals surface area contributed by atoms with Gasteiger partial charge in [0.1, 0.15) is 5.75 Å². The molecule has 1 unspecified atom stereocenters. The molecule has 1 atom stereocenters. The summed E-state index contributed by atoms with van der Waals surface area (Å²) < 4.78 is 5.89. The van der Waals surface area contributed by atoms with Crippen LogP contribution in [0.4, 0.5) is 0 Å². The Labute approximate surface area is 117 Å². The summed E-state index contributed by atoms with van der Waals surface area (Å²) in [6, 6.07) is 6.70. The van der Waals surface area contributed by atoms with Gasteiger partial charge in [-0.2, -0.15) is 0 Å². The molecule has 0 aliphatic carbocycles. The van der Waals surface area contributed by atoms with Gasteiger partial charge in [-0.25, -0.2) is 0 Å². The normalized spacial score (nSPS) is 11.9. The number of hydrogen-bond donors (Lipinski definition) is 1. The van der Waals surface area contributed by atoms with E-state index < -0.39 is 0 Å². The Bertz CT molecular complexity index is 420. The fourth-order valence-electron chi connectivity index (χ4n) is 1.95. The zero-order valence-electron chi connectivity index (χ0n) is 12.3. The monoisotopic (exact) mass is 259 g/mol. The Morgan fingerprint density at radius 2 is 2.21 bits per heavy atom. The van der Waals surface area contributed by atoms with Crippen molar-refractivity contribution in [3.63, 3.8) is 0 Å². The Kier molecular flexibility index (Phi) is 7.07. The number of benzene rings is 1. The minimum atomic E-state index is 0.309. The maximum Gasteiger partial charge on any atom is 0.124 e. The molecule has 19 heavy (non-hydrogen) atoms. The van der Waals surface area contributed by atoms with Crippen molar-refractivity contribution in [3.05, 3.63) is 29.3 Å². The van der Waals surface area contributed by atoms with Crippen LogP contribution in [0.1, 0.15) is 50.3 Å². The van der Waals surface area contributed by atoms with E-state index in [2.05, 4.69) is 50.2 Å². The summed E-state index contributed by atoms with van der Waals surface area (Å²) in [7, 11) is 0. The predicted octanol–water partition coefficient (Wildman–Crippen LogP) is 3.85. The summed E-state index contributed by atoms with van der Waals surface area (Å²) in [6.45, 7) is 8.13. The molecule has 0 bridgehead atoms. The highest BCUT2D eigenvalue weighted by atomic mass is 16.5. The Balaban J connectivity index is 2.70. The first-order valence-electron chi connectivity index (χ1n) is 7.09. The highest BCUT2D eigenvalue weighted by molar-refractivity contribution is 5.39. The Hall–Kier alpha value is -1.46. The van der Waals surface area contributed by atoms with Gasteiger partial charge in [0.15, 0.2) is 0 Å². The third-order valence-corrected chi connectivity index (χ3v) is 3.06. The summed E-state index contributed by atoms with van der Waals surface area (Å²) in [5, 5.41) is 3.50. The van der Waals surface area contributed by atoms with E-state index in [1.165, 1.54) is 11.1 Å². The van der Waals surface area contributed by atoms with Gasteiger partial charge in [0.05, 0.1) is 6.61 Å². The highest BCUT2D eigenvalue weighted by Gasteiger charge is 2.11. The lowest BCUT2D eigenvalue weighted by Gasteiger charge is -2.18. The summed E-state index contributed by atoms with van der Waals surface area (Å²) >= 11 is 0. The second-order valence-electron chi connectivity index (χ2n) is 4.87. The van der Waals surface area contributed by atoms with Crippen LogP contribution in [0.5, 0.6) is 5.75 Å². The predicted molar refractivity (Wildman–Crippen MR) is 81.4 cm³/mol. The van der Waals surface area contributed by atoms with Crippen molar-refractivity contribution in [2.75, 3.05) is 13.2 Å². The van der Waals surface area contributed by atoms with E-state index in [1.54, 1.807) is 0 Å². The van der Waals surface area contributed by atoms with Crippen LogP contribution in [0, 0.1) is 19.3 Å². The van der Waals surface area contributed by atoms with Gasteiger partial charge in [-0.3, -0.25) is 0 Å². The first-order chi connectivity index (χ1) is 9.19. The quantitative estimate of drug-likeness (QED) is 0.565. The number of aryl methyl sites for hydroxylation is 1. The second-order valence-corrected chi connectivity index (χ2v) is 4.87. The number of ether oxygens (including phenoxy) is 1. The molecule has 0 saturated heterocycles. The second kappa shape index (κ2) is 8.61. The average molecular weight is 259 g/mol. The van der Waals surface area contributed by atoms with Gasteiger partial charge in [0.2, 0.25) is 0 Å². The summed E-state index contributed by atoms with van der Waals surface area (Å²) in [6.07, 6.45) is 8.06. The standard InChI is InChI=1S/C17H25NO/c1-5-7-8-12-19-17-13-14(3)9-10-16(17)15(4)18-11-6-2/h1,9-10,13,15,18H,6-8,11-12H2,2-4H3. The van der Waals surface area contributed by atoms with Crippen LogP contribution in [-0.2, 0) is 0 Å². The third-order valence-electron chi connectivity index (χ3n) is 3.06. The van der Waals surface area contributed by atoms with Crippen LogP contribution in [0.2, 0.25) is 0 Å². The maximum atomic E-state index is 5.89. The van der Waals surface area contributed by atoms with Crippen molar-refractivity contribution in [3.8, 4) is 18.1 Å². The van der Waals surface area contributed by atoms with Crippen molar-refractivity contribution in [1.29, 1.82) is 0 Å². The van der Waals surface area contributed by atoms with Crippen LogP contribution in [0.25, 0.3) is 0 Å². The summed E-state index contributed by atoms with van der Waals surface area (Å²) in [5.74, 6) is 3.62. The first-order valence-corrected chi connectivity index (χ1v) is 7.09. The number of terminal acetylenes is 1. The highest BCUT2D eigenvalue weighted by Crippen LogP contribution is 2.26. The molecule has 0 heterocycles. The van der Waals surface area contributed by atoms with E-state index in [1.807, 2.05) is 0 Å². The Morgan fingerprint density at radius 1 is 1.42 bits per heavy atom. The lowest BCUT2D eigenvalue weighted by molar-refractivity contribution is 0.306. The molecule has 0 aliphatic rings. The molecule has 0 fully saturated rings. The number of unbranched alkanes of at least 4 members (excludes halogenated alkanes) is 1. The minimum Gasteiger partial charge on any atom is -0.493 e. The first kappa shape index (κ1) is 15.6. The van der Waals surface area contributed by atoms with Crippen LogP contribution >= 0.6 is 0 Å². The topological polar surface area (TPSA) is 21.3 Å². The van der Waals surface area contributed by atoms with Crippen molar-refractivity contribution < 1.29 is 4.74 Å². The molecular weight excluding hydrogens is 234 g/mol. The van der Waals surface area contributed by atoms with Crippen molar-refractivity contribution in [1.82, 2.24) is 5.32 Å². The van der Waals surface area contributed by atoms with Crippen LogP contribution in [-0.4, -0.2) is 13.2 Å². The molecule has 0 spiro atoms. The number of hydrogen-bond acceptors (Lipinski definition) is 2.